The number of rotatable bonds is 10. The Morgan fingerprint density at radius 3 is 2.16 bits per heavy atom. The Morgan fingerprint density at radius 1 is 0.760 bits per heavy atom. The summed E-state index contributed by atoms with van der Waals surface area (Å²) in [5.41, 5.74) is 3.56. The molecule has 0 atom stereocenters. The van der Waals surface area contributed by atoms with E-state index in [1.165, 1.54) is 17.7 Å². The minimum absolute atomic E-state index is 0.0478. The van der Waals surface area contributed by atoms with Gasteiger partial charge >= 0.3 is 10.1 Å². The molecule has 5 aromatic carbocycles. The molecular formula is C42H44ClNO5S. The predicted octanol–water partition coefficient (Wildman–Crippen LogP) is 11.2. The molecule has 0 unspecified atom stereocenters. The molecule has 0 aliphatic carbocycles. The van der Waals surface area contributed by atoms with Gasteiger partial charge in [0.05, 0.1) is 11.1 Å². The van der Waals surface area contributed by atoms with Crippen molar-refractivity contribution in [2.75, 3.05) is 13.4 Å². The van der Waals surface area contributed by atoms with Crippen molar-refractivity contribution in [3.63, 3.8) is 0 Å². The van der Waals surface area contributed by atoms with E-state index < -0.39 is 10.1 Å². The number of benzene rings is 5. The minimum atomic E-state index is -4.21. The molecule has 0 N–H and O–H groups in total. The van der Waals surface area contributed by atoms with Gasteiger partial charge in [0.1, 0.15) is 10.6 Å². The largest absolute Gasteiger partial charge is 0.467 e. The fourth-order valence-electron chi connectivity index (χ4n) is 6.54. The third-order valence-electron chi connectivity index (χ3n) is 8.47. The van der Waals surface area contributed by atoms with Gasteiger partial charge in [0, 0.05) is 29.0 Å². The number of hydrogen-bond acceptors (Lipinski definition) is 6. The van der Waals surface area contributed by atoms with E-state index in [9.17, 15) is 8.42 Å². The van der Waals surface area contributed by atoms with Gasteiger partial charge in [-0.1, -0.05) is 95.6 Å². The lowest BCUT2D eigenvalue weighted by Gasteiger charge is -2.25. The molecule has 0 bridgehead atoms. The summed E-state index contributed by atoms with van der Waals surface area (Å²) in [5.74, 6) is 0.800. The zero-order valence-electron chi connectivity index (χ0n) is 29.8. The summed E-state index contributed by atoms with van der Waals surface area (Å²) in [5, 5.41) is 5.63. The molecule has 260 valence electrons. The minimum Gasteiger partial charge on any atom is -0.467 e. The van der Waals surface area contributed by atoms with Gasteiger partial charge < -0.3 is 13.7 Å². The highest BCUT2D eigenvalue weighted by atomic mass is 35.5. The highest BCUT2D eigenvalue weighted by Gasteiger charge is 2.27. The van der Waals surface area contributed by atoms with Gasteiger partial charge in [-0.15, -0.1) is 0 Å². The fourth-order valence-corrected chi connectivity index (χ4v) is 7.67. The Labute approximate surface area is 300 Å². The summed E-state index contributed by atoms with van der Waals surface area (Å²) in [4.78, 5) is 5.01. The standard InChI is InChI=1S/C42H44ClNO5S/c1-8-47-26-48-40-35(22-28-20-27(24-41(2,3)4)14-16-33(28)36(40)25-42(5,6)7)39-38-34(18-19-44-39)32-17-15-30(43)21-29(32)23-37(38)49-50(45,46)31-12-10-9-11-13-31/h9-23H,8,24-26H2,1-7H3. The number of ether oxygens (including phenoxy) is 2. The fraction of sp³-hybridized carbons (Fsp3) is 0.310. The average molecular weight is 710 g/mol. The van der Waals surface area contributed by atoms with Crippen LogP contribution in [0.3, 0.4) is 0 Å². The van der Waals surface area contributed by atoms with Crippen LogP contribution in [0.25, 0.3) is 43.6 Å². The maximum atomic E-state index is 13.8. The van der Waals surface area contributed by atoms with Crippen molar-refractivity contribution in [1.82, 2.24) is 4.98 Å². The lowest BCUT2D eigenvalue weighted by atomic mass is 9.82. The number of halogens is 1. The lowest BCUT2D eigenvalue weighted by molar-refractivity contribution is 0.0221. The molecular weight excluding hydrogens is 666 g/mol. The van der Waals surface area contributed by atoms with Crippen LogP contribution in [0.1, 0.15) is 59.6 Å². The van der Waals surface area contributed by atoms with Crippen LogP contribution in [-0.4, -0.2) is 26.8 Å². The molecule has 0 saturated heterocycles. The van der Waals surface area contributed by atoms with Gasteiger partial charge in [0.25, 0.3) is 0 Å². The van der Waals surface area contributed by atoms with Crippen molar-refractivity contribution in [3.8, 4) is 22.8 Å². The van der Waals surface area contributed by atoms with Crippen LogP contribution < -0.4 is 8.92 Å². The second-order valence-electron chi connectivity index (χ2n) is 15.2. The van der Waals surface area contributed by atoms with Crippen LogP contribution >= 0.6 is 11.6 Å². The first-order valence-electron chi connectivity index (χ1n) is 16.9. The van der Waals surface area contributed by atoms with Gasteiger partial charge in [-0.25, -0.2) is 0 Å². The number of nitrogens with zero attached hydrogens (tertiary/aromatic N) is 1. The summed E-state index contributed by atoms with van der Waals surface area (Å²) in [6.07, 6.45) is 3.37. The molecule has 0 spiro atoms. The number of aromatic nitrogens is 1. The number of hydrogen-bond donors (Lipinski definition) is 0. The molecule has 6 nitrogen and oxygen atoms in total. The third kappa shape index (κ3) is 7.75. The van der Waals surface area contributed by atoms with E-state index in [0.717, 1.165) is 50.9 Å². The Kier molecular flexibility index (Phi) is 9.88. The van der Waals surface area contributed by atoms with E-state index in [-0.39, 0.29) is 28.3 Å². The highest BCUT2D eigenvalue weighted by Crippen LogP contribution is 2.47. The molecule has 1 heterocycles. The first kappa shape index (κ1) is 35.6. The molecule has 50 heavy (non-hydrogen) atoms. The van der Waals surface area contributed by atoms with E-state index in [1.54, 1.807) is 30.5 Å². The number of fused-ring (bicyclic) bond motifs is 4. The molecule has 0 saturated carbocycles. The van der Waals surface area contributed by atoms with Crippen LogP contribution in [0.4, 0.5) is 0 Å². The van der Waals surface area contributed by atoms with Gasteiger partial charge in [-0.2, -0.15) is 8.42 Å². The average Bonchev–Trinajstić information content (AvgIpc) is 3.04. The van der Waals surface area contributed by atoms with Crippen molar-refractivity contribution in [1.29, 1.82) is 0 Å². The Balaban J connectivity index is 1.71. The zero-order valence-corrected chi connectivity index (χ0v) is 31.3. The maximum Gasteiger partial charge on any atom is 0.339 e. The highest BCUT2D eigenvalue weighted by molar-refractivity contribution is 7.87. The smallest absolute Gasteiger partial charge is 0.339 e. The molecule has 0 fully saturated rings. The Hall–Kier alpha value is -4.17. The van der Waals surface area contributed by atoms with Crippen LogP contribution in [0.2, 0.25) is 5.02 Å². The van der Waals surface area contributed by atoms with Gasteiger partial charge in [-0.05, 0) is 106 Å². The molecule has 6 rings (SSSR count). The second kappa shape index (κ2) is 13.9. The molecule has 0 aliphatic rings. The maximum absolute atomic E-state index is 13.8. The van der Waals surface area contributed by atoms with E-state index in [0.29, 0.717) is 28.5 Å². The summed E-state index contributed by atoms with van der Waals surface area (Å²) < 4.78 is 45.9. The topological polar surface area (TPSA) is 74.7 Å². The zero-order chi connectivity index (χ0) is 35.8. The van der Waals surface area contributed by atoms with Crippen molar-refractivity contribution < 1.29 is 22.1 Å². The van der Waals surface area contributed by atoms with Crippen LogP contribution in [0.5, 0.6) is 11.5 Å². The Bertz CT molecular complexity index is 2310. The quantitative estimate of drug-likeness (QED) is 0.0610. The summed E-state index contributed by atoms with van der Waals surface area (Å²) in [7, 11) is -4.21. The normalized spacial score (nSPS) is 12.6. The van der Waals surface area contributed by atoms with Gasteiger partial charge in [0.2, 0.25) is 0 Å². The van der Waals surface area contributed by atoms with Crippen LogP contribution in [0.15, 0.2) is 96.0 Å². The van der Waals surface area contributed by atoms with Crippen molar-refractivity contribution in [2.45, 2.75) is 66.2 Å². The summed E-state index contributed by atoms with van der Waals surface area (Å²) in [6.45, 7) is 15.8. The molecule has 0 aliphatic heterocycles. The lowest BCUT2D eigenvalue weighted by Crippen LogP contribution is -2.14. The molecule has 6 aromatic rings. The van der Waals surface area contributed by atoms with E-state index in [1.807, 2.05) is 31.2 Å². The van der Waals surface area contributed by atoms with E-state index in [4.69, 9.17) is 30.2 Å². The molecule has 1 aromatic heterocycles. The first-order chi connectivity index (χ1) is 23.6. The van der Waals surface area contributed by atoms with Crippen molar-refractivity contribution in [2.24, 2.45) is 10.8 Å². The molecule has 8 heteroatoms. The monoisotopic (exact) mass is 709 g/mol. The molecule has 0 amide bonds. The third-order valence-corrected chi connectivity index (χ3v) is 9.95. The van der Waals surface area contributed by atoms with Crippen molar-refractivity contribution >= 4 is 54.0 Å². The summed E-state index contributed by atoms with van der Waals surface area (Å²) in [6, 6.07) is 26.1. The predicted molar refractivity (Wildman–Crippen MR) is 205 cm³/mol. The van der Waals surface area contributed by atoms with E-state index >= 15 is 0 Å². The summed E-state index contributed by atoms with van der Waals surface area (Å²) >= 11 is 6.44. The van der Waals surface area contributed by atoms with Crippen molar-refractivity contribution in [3.05, 3.63) is 107 Å². The number of pyridine rings is 1. The van der Waals surface area contributed by atoms with E-state index in [2.05, 4.69) is 65.8 Å². The Morgan fingerprint density at radius 2 is 1.46 bits per heavy atom. The van der Waals surface area contributed by atoms with Gasteiger partial charge in [0.15, 0.2) is 12.5 Å². The van der Waals surface area contributed by atoms with Crippen LogP contribution in [-0.2, 0) is 27.7 Å². The van der Waals surface area contributed by atoms with Crippen LogP contribution in [0, 0.1) is 10.8 Å². The molecule has 0 radical (unpaired) electrons. The first-order valence-corrected chi connectivity index (χ1v) is 18.7. The second-order valence-corrected chi connectivity index (χ2v) is 17.2. The SMILES string of the molecule is CCOCOc1c(-c2nccc3c2c(OS(=O)(=O)c2ccccc2)cc2cc(Cl)ccc23)cc2cc(CC(C)(C)C)ccc2c1CC(C)(C)C. The van der Waals surface area contributed by atoms with Gasteiger partial charge in [-0.3, -0.25) is 4.98 Å².